The maximum Gasteiger partial charge on any atom is 1.00 e. The molecule has 6 nitrogen and oxygen atoms in total. The van der Waals surface area contributed by atoms with Crippen LogP contribution in [0.1, 0.15) is 0 Å². The van der Waals surface area contributed by atoms with Gasteiger partial charge < -0.3 is 19.8 Å². The Morgan fingerprint density at radius 1 is 0.536 bits per heavy atom. The van der Waals surface area contributed by atoms with E-state index < -0.39 is 48.2 Å². The first kappa shape index (κ1) is 33.9. The minimum atomic E-state index is -7.32. The van der Waals surface area contributed by atoms with E-state index in [2.05, 4.69) is 0 Å². The summed E-state index contributed by atoms with van der Waals surface area (Å²) in [5.41, 5.74) is 0. The number of alkyl halides is 12. The molecule has 0 saturated carbocycles. The topological polar surface area (TPSA) is 98.7 Å². The second-order valence-corrected chi connectivity index (χ2v) is 4.00. The van der Waals surface area contributed by atoms with E-state index >= 15 is 0 Å². The van der Waals surface area contributed by atoms with Gasteiger partial charge in [-0.05, 0) is 0 Å². The fraction of sp³-hybridized carbons (Fsp3) is 0.750. The van der Waals surface area contributed by atoms with E-state index in [1.54, 1.807) is 9.47 Å². The minimum absolute atomic E-state index is 0. The molecule has 0 N–H and O–H groups in total. The van der Waals surface area contributed by atoms with Crippen LogP contribution in [-0.2, 0) is 19.1 Å². The van der Waals surface area contributed by atoms with Gasteiger partial charge in [0.1, 0.15) is 11.9 Å². The fourth-order valence-electron chi connectivity index (χ4n) is 0.903. The first-order valence-corrected chi connectivity index (χ1v) is 5.15. The van der Waals surface area contributed by atoms with Crippen molar-refractivity contribution in [3.05, 3.63) is 0 Å². The zero-order valence-electron chi connectivity index (χ0n) is 13.0. The first-order valence-electron chi connectivity index (χ1n) is 5.15. The molecule has 28 heavy (non-hydrogen) atoms. The van der Waals surface area contributed by atoms with Crippen LogP contribution in [0.4, 0.5) is 52.7 Å². The molecule has 0 aliphatic carbocycles. The summed E-state index contributed by atoms with van der Waals surface area (Å²) in [6.07, 6.45) is -28.8. The van der Waals surface area contributed by atoms with Crippen molar-refractivity contribution in [2.45, 2.75) is 36.3 Å². The molecule has 2 unspecified atom stereocenters. The molecule has 0 fully saturated rings. The standard InChI is InChI=1S/C8H2F12O6.2K/c9-3(1(21)22,5(11,12)13)25-7(17,18)8(19,20)26-4(10,2(23)24)6(14,15)16;;/h(H,21,22)(H,23,24);;/q;2*+1/p-2. The number of halogens is 12. The molecule has 0 radical (unpaired) electrons. The number of carboxylic acids is 2. The van der Waals surface area contributed by atoms with Crippen LogP contribution in [0.3, 0.4) is 0 Å². The molecule has 0 aliphatic heterocycles. The Labute approximate surface area is 229 Å². The normalized spacial score (nSPS) is 17.4. The van der Waals surface area contributed by atoms with Crippen molar-refractivity contribution in [3.8, 4) is 0 Å². The van der Waals surface area contributed by atoms with Crippen LogP contribution >= 0.6 is 0 Å². The SMILES string of the molecule is O=C([O-])C(F)(OC(F)(F)C(F)(F)OC(F)(C(=O)[O-])C(F)(F)F)C(F)(F)F.[K+].[K+]. The van der Waals surface area contributed by atoms with Crippen molar-refractivity contribution in [3.63, 3.8) is 0 Å². The predicted molar refractivity (Wildman–Crippen MR) is 41.9 cm³/mol. The van der Waals surface area contributed by atoms with Crippen molar-refractivity contribution >= 4 is 11.9 Å². The van der Waals surface area contributed by atoms with E-state index in [1.807, 2.05) is 0 Å². The number of hydrogen-bond acceptors (Lipinski definition) is 6. The van der Waals surface area contributed by atoms with Crippen LogP contribution in [0.25, 0.3) is 0 Å². The number of carbonyl (C=O) groups is 2. The van der Waals surface area contributed by atoms with Crippen LogP contribution in [0, 0.1) is 0 Å². The molecule has 0 spiro atoms. The van der Waals surface area contributed by atoms with Crippen LogP contribution in [0.15, 0.2) is 0 Å². The number of carboxylic acid groups (broad SMARTS) is 2. The van der Waals surface area contributed by atoms with Crippen molar-refractivity contribution < 1.29 is 185 Å². The summed E-state index contributed by atoms with van der Waals surface area (Å²) in [5, 5.41) is 19.8. The Balaban J connectivity index is -0.00000312. The van der Waals surface area contributed by atoms with Gasteiger partial charge in [-0.3, -0.25) is 9.47 Å². The molecule has 0 aromatic carbocycles. The molecule has 0 rings (SSSR count). The van der Waals surface area contributed by atoms with E-state index in [1.165, 1.54) is 0 Å². The van der Waals surface area contributed by atoms with Gasteiger partial charge >= 0.3 is 139 Å². The summed E-state index contributed by atoms with van der Waals surface area (Å²) in [7, 11) is 0. The molecule has 20 heteroatoms. The zero-order chi connectivity index (χ0) is 21.6. The number of carbonyl (C=O) groups excluding carboxylic acids is 2. The van der Waals surface area contributed by atoms with Gasteiger partial charge in [-0.1, -0.05) is 0 Å². The molecule has 0 aromatic heterocycles. The third-order valence-corrected chi connectivity index (χ3v) is 2.13. The van der Waals surface area contributed by atoms with Crippen LogP contribution < -0.4 is 113 Å². The van der Waals surface area contributed by atoms with Gasteiger partial charge in [-0.25, -0.2) is 0 Å². The molecule has 0 saturated heterocycles. The summed E-state index contributed by atoms with van der Waals surface area (Å²) in [6.45, 7) is 0. The summed E-state index contributed by atoms with van der Waals surface area (Å²) in [6, 6.07) is 0. The predicted octanol–water partition coefficient (Wildman–Crippen LogP) is -5.83. The molecule has 0 aliphatic rings. The van der Waals surface area contributed by atoms with Crippen molar-refractivity contribution in [2.75, 3.05) is 0 Å². The Morgan fingerprint density at radius 3 is 0.821 bits per heavy atom. The summed E-state index contributed by atoms with van der Waals surface area (Å²) < 4.78 is 153. The van der Waals surface area contributed by atoms with Gasteiger partial charge in [-0.2, -0.15) is 52.7 Å². The molecule has 0 amide bonds. The van der Waals surface area contributed by atoms with Gasteiger partial charge in [0.05, 0.1) is 0 Å². The number of aliphatic carboxylic acids is 2. The summed E-state index contributed by atoms with van der Waals surface area (Å²) in [4.78, 5) is 19.8. The van der Waals surface area contributed by atoms with Gasteiger partial charge in [-0.15, -0.1) is 0 Å². The van der Waals surface area contributed by atoms with E-state index in [-0.39, 0.29) is 103 Å². The smallest absolute Gasteiger partial charge is 0.544 e. The van der Waals surface area contributed by atoms with Crippen molar-refractivity contribution in [1.29, 1.82) is 0 Å². The Bertz CT molecular complexity index is 529. The van der Waals surface area contributed by atoms with Crippen LogP contribution in [0.2, 0.25) is 0 Å². The average molecular weight is 498 g/mol. The zero-order valence-corrected chi connectivity index (χ0v) is 19.2. The van der Waals surface area contributed by atoms with Crippen molar-refractivity contribution in [2.24, 2.45) is 0 Å². The monoisotopic (exact) mass is 498 g/mol. The molecule has 154 valence electrons. The van der Waals surface area contributed by atoms with Crippen LogP contribution in [0.5, 0.6) is 0 Å². The van der Waals surface area contributed by atoms with E-state index in [0.717, 1.165) is 0 Å². The number of rotatable bonds is 7. The third kappa shape index (κ3) is 6.90. The summed E-state index contributed by atoms with van der Waals surface area (Å²) >= 11 is 0. The first-order chi connectivity index (χ1) is 11.1. The fourth-order valence-corrected chi connectivity index (χ4v) is 0.903. The second-order valence-electron chi connectivity index (χ2n) is 4.00. The maximum atomic E-state index is 12.9. The van der Waals surface area contributed by atoms with Gasteiger partial charge in [0, 0.05) is 0 Å². The van der Waals surface area contributed by atoms with E-state index in [9.17, 15) is 72.5 Å². The molecular weight excluding hydrogens is 498 g/mol. The van der Waals surface area contributed by atoms with Gasteiger partial charge in [0.25, 0.3) is 0 Å². The Hall–Kier alpha value is 1.29. The minimum Gasteiger partial charge on any atom is -0.544 e. The maximum absolute atomic E-state index is 12.9. The second kappa shape index (κ2) is 10.3. The van der Waals surface area contributed by atoms with Gasteiger partial charge in [0.2, 0.25) is 0 Å². The Kier molecular flexibility index (Phi) is 12.4. The molecule has 0 aromatic rings. The Morgan fingerprint density at radius 2 is 0.714 bits per heavy atom. The quantitative estimate of drug-likeness (QED) is 0.256. The summed E-state index contributed by atoms with van der Waals surface area (Å²) in [5.74, 6) is -22.0. The third-order valence-electron chi connectivity index (χ3n) is 2.13. The van der Waals surface area contributed by atoms with E-state index in [4.69, 9.17) is 0 Å². The molecule has 0 heterocycles. The average Bonchev–Trinajstić information content (AvgIpc) is 2.33. The molecule has 2 atom stereocenters. The van der Waals surface area contributed by atoms with Crippen molar-refractivity contribution in [1.82, 2.24) is 0 Å². The van der Waals surface area contributed by atoms with Crippen LogP contribution in [-0.4, -0.2) is 48.2 Å². The van der Waals surface area contributed by atoms with Gasteiger partial charge in [0.15, 0.2) is 0 Å². The molecule has 0 bridgehead atoms. The number of hydrogen-bond donors (Lipinski definition) is 0. The largest absolute Gasteiger partial charge is 1.00 e. The molecular formula is C8F12K2O6. The number of ether oxygens (including phenoxy) is 2. The van der Waals surface area contributed by atoms with E-state index in [0.29, 0.717) is 0 Å².